The van der Waals surface area contributed by atoms with E-state index >= 15 is 0 Å². The third kappa shape index (κ3) is 3.00. The molecule has 1 amide bonds. The number of nitrogens with one attached hydrogen (secondary N) is 1. The highest BCUT2D eigenvalue weighted by molar-refractivity contribution is 7.11. The lowest BCUT2D eigenvalue weighted by atomic mass is 10.2. The number of carbonyl (C=O) groups excluding carboxylic acids is 1. The second-order valence-electron chi connectivity index (χ2n) is 4.83. The van der Waals surface area contributed by atoms with Crippen LogP contribution in [-0.2, 0) is 11.3 Å². The van der Waals surface area contributed by atoms with Crippen molar-refractivity contribution in [3.63, 3.8) is 0 Å². The number of fused-ring (bicyclic) bond motifs is 1. The van der Waals surface area contributed by atoms with E-state index < -0.39 is 6.10 Å². The number of aryl methyl sites for hydroxylation is 2. The van der Waals surface area contributed by atoms with Gasteiger partial charge in [0, 0.05) is 4.88 Å². The number of rotatable bonds is 3. The SMILES string of the molecule is Cc1nc(CNC(=O)[C@@H]2COc3ccccc3O2)sc1C. The average molecular weight is 304 g/mol. The Morgan fingerprint density at radius 3 is 2.86 bits per heavy atom. The third-order valence-corrected chi connectivity index (χ3v) is 4.36. The maximum absolute atomic E-state index is 12.1. The fraction of sp³-hybridized carbons (Fsp3) is 0.333. The number of amides is 1. The van der Waals surface area contributed by atoms with Gasteiger partial charge in [-0.05, 0) is 26.0 Å². The minimum Gasteiger partial charge on any atom is -0.485 e. The van der Waals surface area contributed by atoms with Gasteiger partial charge in [-0.1, -0.05) is 12.1 Å². The summed E-state index contributed by atoms with van der Waals surface area (Å²) in [4.78, 5) is 17.7. The van der Waals surface area contributed by atoms with Gasteiger partial charge in [0.1, 0.15) is 11.6 Å². The van der Waals surface area contributed by atoms with Crippen LogP contribution in [0.25, 0.3) is 0 Å². The Labute approximate surface area is 126 Å². The van der Waals surface area contributed by atoms with E-state index in [0.29, 0.717) is 18.0 Å². The molecule has 0 aliphatic carbocycles. The number of carbonyl (C=O) groups is 1. The molecule has 1 aliphatic rings. The van der Waals surface area contributed by atoms with Gasteiger partial charge in [-0.25, -0.2) is 4.98 Å². The van der Waals surface area contributed by atoms with E-state index in [1.165, 1.54) is 4.88 Å². The zero-order valence-corrected chi connectivity index (χ0v) is 12.7. The largest absolute Gasteiger partial charge is 0.485 e. The van der Waals surface area contributed by atoms with Gasteiger partial charge in [-0.3, -0.25) is 4.79 Å². The topological polar surface area (TPSA) is 60.5 Å². The fourth-order valence-electron chi connectivity index (χ4n) is 2.04. The molecular weight excluding hydrogens is 288 g/mol. The van der Waals surface area contributed by atoms with E-state index in [4.69, 9.17) is 9.47 Å². The summed E-state index contributed by atoms with van der Waals surface area (Å²) in [5.41, 5.74) is 1.01. The number of aromatic nitrogens is 1. The normalized spacial score (nSPS) is 16.6. The molecule has 0 spiro atoms. The smallest absolute Gasteiger partial charge is 0.265 e. The molecule has 2 heterocycles. The van der Waals surface area contributed by atoms with Gasteiger partial charge in [0.15, 0.2) is 11.5 Å². The molecule has 1 N–H and O–H groups in total. The van der Waals surface area contributed by atoms with Gasteiger partial charge >= 0.3 is 0 Å². The molecule has 2 aromatic rings. The molecule has 0 bridgehead atoms. The zero-order chi connectivity index (χ0) is 14.8. The van der Waals surface area contributed by atoms with Crippen LogP contribution in [0.1, 0.15) is 15.6 Å². The van der Waals surface area contributed by atoms with Crippen molar-refractivity contribution in [1.82, 2.24) is 10.3 Å². The van der Waals surface area contributed by atoms with Gasteiger partial charge in [-0.2, -0.15) is 0 Å². The first-order valence-corrected chi connectivity index (χ1v) is 7.54. The van der Waals surface area contributed by atoms with Crippen LogP contribution in [0.2, 0.25) is 0 Å². The molecule has 1 aliphatic heterocycles. The molecule has 3 rings (SSSR count). The first kappa shape index (κ1) is 13.9. The van der Waals surface area contributed by atoms with Crippen molar-refractivity contribution in [3.8, 4) is 11.5 Å². The highest BCUT2D eigenvalue weighted by Gasteiger charge is 2.27. The molecule has 0 saturated heterocycles. The Balaban J connectivity index is 1.59. The Bertz CT molecular complexity index is 649. The Morgan fingerprint density at radius 2 is 2.14 bits per heavy atom. The zero-order valence-electron chi connectivity index (χ0n) is 11.9. The Morgan fingerprint density at radius 1 is 1.38 bits per heavy atom. The number of thiazole rings is 1. The molecule has 21 heavy (non-hydrogen) atoms. The summed E-state index contributed by atoms with van der Waals surface area (Å²) < 4.78 is 11.2. The molecule has 1 aromatic carbocycles. The van der Waals surface area contributed by atoms with E-state index in [1.54, 1.807) is 17.4 Å². The monoisotopic (exact) mass is 304 g/mol. The molecule has 0 unspecified atom stereocenters. The molecule has 0 saturated carbocycles. The van der Waals surface area contributed by atoms with Crippen LogP contribution in [0.3, 0.4) is 0 Å². The van der Waals surface area contributed by atoms with Crippen molar-refractivity contribution in [2.24, 2.45) is 0 Å². The standard InChI is InChI=1S/C15H16N2O3S/c1-9-10(2)21-14(17-9)7-16-15(18)13-8-19-11-5-3-4-6-12(11)20-13/h3-6,13H,7-8H2,1-2H3,(H,16,18)/t13-/m0/s1. The maximum atomic E-state index is 12.1. The first-order chi connectivity index (χ1) is 10.1. The predicted octanol–water partition coefficient (Wildman–Crippen LogP) is 2.22. The quantitative estimate of drug-likeness (QED) is 0.944. The molecule has 0 radical (unpaired) electrons. The van der Waals surface area contributed by atoms with Crippen LogP contribution in [0.5, 0.6) is 11.5 Å². The van der Waals surface area contributed by atoms with E-state index in [2.05, 4.69) is 10.3 Å². The summed E-state index contributed by atoms with van der Waals surface area (Å²) in [7, 11) is 0. The van der Waals surface area contributed by atoms with Crippen molar-refractivity contribution in [2.45, 2.75) is 26.5 Å². The number of ether oxygens (including phenoxy) is 2. The number of benzene rings is 1. The van der Waals surface area contributed by atoms with Crippen LogP contribution in [-0.4, -0.2) is 23.6 Å². The second kappa shape index (κ2) is 5.73. The Hall–Kier alpha value is -2.08. The summed E-state index contributed by atoms with van der Waals surface area (Å²) in [5.74, 6) is 1.09. The fourth-order valence-corrected chi connectivity index (χ4v) is 2.91. The van der Waals surface area contributed by atoms with Crippen molar-refractivity contribution >= 4 is 17.2 Å². The van der Waals surface area contributed by atoms with E-state index in [1.807, 2.05) is 32.0 Å². The van der Waals surface area contributed by atoms with Crippen LogP contribution in [0, 0.1) is 13.8 Å². The number of hydrogen-bond acceptors (Lipinski definition) is 5. The van der Waals surface area contributed by atoms with Gasteiger partial charge in [0.25, 0.3) is 5.91 Å². The van der Waals surface area contributed by atoms with E-state index in [-0.39, 0.29) is 12.5 Å². The summed E-state index contributed by atoms with van der Waals surface area (Å²) in [6.45, 7) is 4.62. The highest BCUT2D eigenvalue weighted by atomic mass is 32.1. The first-order valence-electron chi connectivity index (χ1n) is 6.72. The molecule has 1 atom stereocenters. The second-order valence-corrected chi connectivity index (χ2v) is 6.12. The molecule has 6 heteroatoms. The van der Waals surface area contributed by atoms with Crippen LogP contribution in [0.15, 0.2) is 24.3 Å². The highest BCUT2D eigenvalue weighted by Crippen LogP contribution is 2.30. The number of nitrogens with zero attached hydrogens (tertiary/aromatic N) is 1. The Kier molecular flexibility index (Phi) is 3.79. The van der Waals surface area contributed by atoms with Gasteiger partial charge < -0.3 is 14.8 Å². The lowest BCUT2D eigenvalue weighted by Gasteiger charge is -2.25. The summed E-state index contributed by atoms with van der Waals surface area (Å²) in [5, 5.41) is 3.74. The molecular formula is C15H16N2O3S. The maximum Gasteiger partial charge on any atom is 0.265 e. The third-order valence-electron chi connectivity index (χ3n) is 3.29. The van der Waals surface area contributed by atoms with Crippen LogP contribution in [0.4, 0.5) is 0 Å². The van der Waals surface area contributed by atoms with Gasteiger partial charge in [-0.15, -0.1) is 11.3 Å². The summed E-state index contributed by atoms with van der Waals surface area (Å²) >= 11 is 1.59. The predicted molar refractivity (Wildman–Crippen MR) is 79.8 cm³/mol. The summed E-state index contributed by atoms with van der Waals surface area (Å²) in [6, 6.07) is 7.34. The molecule has 5 nitrogen and oxygen atoms in total. The molecule has 1 aromatic heterocycles. The van der Waals surface area contributed by atoms with E-state index in [0.717, 1.165) is 10.7 Å². The van der Waals surface area contributed by atoms with E-state index in [9.17, 15) is 4.79 Å². The summed E-state index contributed by atoms with van der Waals surface area (Å²) in [6.07, 6.45) is -0.623. The number of hydrogen-bond donors (Lipinski definition) is 1. The van der Waals surface area contributed by atoms with Crippen molar-refractivity contribution in [3.05, 3.63) is 39.8 Å². The van der Waals surface area contributed by atoms with Crippen LogP contribution >= 0.6 is 11.3 Å². The lowest BCUT2D eigenvalue weighted by Crippen LogP contribution is -2.43. The van der Waals surface area contributed by atoms with Gasteiger partial charge in [0.2, 0.25) is 6.10 Å². The molecule has 110 valence electrons. The number of para-hydroxylation sites is 2. The van der Waals surface area contributed by atoms with Crippen molar-refractivity contribution in [1.29, 1.82) is 0 Å². The lowest BCUT2D eigenvalue weighted by molar-refractivity contribution is -0.130. The van der Waals surface area contributed by atoms with Crippen molar-refractivity contribution < 1.29 is 14.3 Å². The van der Waals surface area contributed by atoms with Crippen molar-refractivity contribution in [2.75, 3.05) is 6.61 Å². The average Bonchev–Trinajstić information content (AvgIpc) is 2.83. The van der Waals surface area contributed by atoms with Crippen LogP contribution < -0.4 is 14.8 Å². The minimum absolute atomic E-state index is 0.185. The van der Waals surface area contributed by atoms with Gasteiger partial charge in [0.05, 0.1) is 12.2 Å². The molecule has 0 fully saturated rings. The minimum atomic E-state index is -0.623.